The highest BCUT2D eigenvalue weighted by Gasteiger charge is 2.24. The molecule has 0 atom stereocenters. The minimum atomic E-state index is -0.645. The van der Waals surface area contributed by atoms with Gasteiger partial charge in [-0.1, -0.05) is 12.1 Å². The fourth-order valence-corrected chi connectivity index (χ4v) is 2.51. The first kappa shape index (κ1) is 20.1. The number of aliphatic imine (C=N–C) groups is 1. The molecule has 0 radical (unpaired) electrons. The van der Waals surface area contributed by atoms with Crippen molar-refractivity contribution >= 4 is 23.9 Å². The fourth-order valence-electron chi connectivity index (χ4n) is 2.51. The second-order valence-electron chi connectivity index (χ2n) is 5.85. The quantitative estimate of drug-likeness (QED) is 0.526. The van der Waals surface area contributed by atoms with Gasteiger partial charge in [-0.2, -0.15) is 0 Å². The van der Waals surface area contributed by atoms with Crippen LogP contribution in [0.4, 0.5) is 4.39 Å². The van der Waals surface area contributed by atoms with Crippen molar-refractivity contribution in [1.82, 2.24) is 0 Å². The Hall–Kier alpha value is -3.68. The van der Waals surface area contributed by atoms with E-state index in [0.717, 1.165) is 0 Å². The summed E-state index contributed by atoms with van der Waals surface area (Å²) >= 11 is 0. The zero-order valence-corrected chi connectivity index (χ0v) is 15.8. The molecule has 0 aliphatic carbocycles. The number of hydrogen-bond acceptors (Lipinski definition) is 7. The lowest BCUT2D eigenvalue weighted by Crippen LogP contribution is -2.13. The van der Waals surface area contributed by atoms with Gasteiger partial charge in [-0.25, -0.2) is 19.0 Å². The number of cyclic esters (lactones) is 1. The highest BCUT2D eigenvalue weighted by atomic mass is 19.1. The van der Waals surface area contributed by atoms with Crippen LogP contribution in [-0.2, 0) is 19.1 Å². The van der Waals surface area contributed by atoms with Gasteiger partial charge in [-0.15, -0.1) is 0 Å². The van der Waals surface area contributed by atoms with E-state index in [0.29, 0.717) is 29.2 Å². The maximum absolute atomic E-state index is 13.4. The van der Waals surface area contributed by atoms with Gasteiger partial charge >= 0.3 is 11.9 Å². The topological polar surface area (TPSA) is 83.4 Å². The predicted octanol–water partition coefficient (Wildman–Crippen LogP) is 3.12. The summed E-state index contributed by atoms with van der Waals surface area (Å²) in [5, 5.41) is 0. The maximum atomic E-state index is 13.4. The van der Waals surface area contributed by atoms with Gasteiger partial charge in [0, 0.05) is 5.56 Å². The van der Waals surface area contributed by atoms with Crippen LogP contribution in [-0.4, -0.2) is 38.2 Å². The van der Waals surface area contributed by atoms with Crippen molar-refractivity contribution in [3.8, 4) is 11.5 Å². The minimum Gasteiger partial charge on any atom is -0.490 e. The van der Waals surface area contributed by atoms with Crippen LogP contribution in [0.1, 0.15) is 18.1 Å². The van der Waals surface area contributed by atoms with E-state index in [1.807, 2.05) is 0 Å². The smallest absolute Gasteiger partial charge is 0.363 e. The Balaban J connectivity index is 1.86. The Bertz CT molecular complexity index is 998. The lowest BCUT2D eigenvalue weighted by atomic mass is 10.1. The van der Waals surface area contributed by atoms with Crippen molar-refractivity contribution in [2.24, 2.45) is 4.99 Å². The number of methoxy groups -OCH3 is 1. The van der Waals surface area contributed by atoms with Crippen LogP contribution in [0.15, 0.2) is 53.2 Å². The van der Waals surface area contributed by atoms with Gasteiger partial charge in [-0.05, 0) is 48.9 Å². The highest BCUT2D eigenvalue weighted by Crippen LogP contribution is 2.30. The lowest BCUT2D eigenvalue weighted by Gasteiger charge is -2.11. The Kier molecular flexibility index (Phi) is 6.23. The van der Waals surface area contributed by atoms with Gasteiger partial charge in [0.25, 0.3) is 0 Å². The minimum absolute atomic E-state index is 0.0313. The van der Waals surface area contributed by atoms with Crippen LogP contribution in [0.2, 0.25) is 0 Å². The number of carbonyl (C=O) groups is 2. The number of benzene rings is 2. The molecular weight excluding hydrogens is 381 g/mol. The number of halogens is 1. The molecule has 0 unspecified atom stereocenters. The van der Waals surface area contributed by atoms with Gasteiger partial charge < -0.3 is 18.9 Å². The van der Waals surface area contributed by atoms with Crippen molar-refractivity contribution in [1.29, 1.82) is 0 Å². The van der Waals surface area contributed by atoms with E-state index in [9.17, 15) is 14.0 Å². The molecule has 0 saturated carbocycles. The summed E-state index contributed by atoms with van der Waals surface area (Å²) in [7, 11) is 1.27. The first-order chi connectivity index (χ1) is 14.0. The summed E-state index contributed by atoms with van der Waals surface area (Å²) in [6.07, 6.45) is 1.52. The molecule has 1 aliphatic rings. The Morgan fingerprint density at radius 1 is 1.17 bits per heavy atom. The standard InChI is InChI=1S/C21H18FNO6/c1-3-27-18-10-13(7-8-17(18)28-12-19(24)26-2)9-16-21(25)29-20(23-16)14-5-4-6-15(22)11-14/h4-11H,3,12H2,1-2H3/b16-9-. The van der Waals surface area contributed by atoms with Gasteiger partial charge in [-0.3, -0.25) is 0 Å². The number of hydrogen-bond donors (Lipinski definition) is 0. The first-order valence-electron chi connectivity index (χ1n) is 8.75. The molecule has 2 aromatic carbocycles. The molecule has 8 heteroatoms. The van der Waals surface area contributed by atoms with Crippen LogP contribution < -0.4 is 9.47 Å². The molecule has 0 aromatic heterocycles. The number of rotatable bonds is 7. The predicted molar refractivity (Wildman–Crippen MR) is 102 cm³/mol. The number of nitrogens with zero attached hydrogens (tertiary/aromatic N) is 1. The third-order valence-electron chi connectivity index (χ3n) is 3.84. The fraction of sp³-hybridized carbons (Fsp3) is 0.190. The van der Waals surface area contributed by atoms with Crippen molar-refractivity contribution in [2.45, 2.75) is 6.92 Å². The molecular formula is C21H18FNO6. The van der Waals surface area contributed by atoms with Crippen molar-refractivity contribution in [3.63, 3.8) is 0 Å². The van der Waals surface area contributed by atoms with E-state index >= 15 is 0 Å². The second kappa shape index (κ2) is 9.01. The van der Waals surface area contributed by atoms with Crippen LogP contribution in [0.25, 0.3) is 6.08 Å². The molecule has 1 aliphatic heterocycles. The molecule has 0 saturated heterocycles. The molecule has 0 N–H and O–H groups in total. The first-order valence-corrected chi connectivity index (χ1v) is 8.75. The zero-order valence-electron chi connectivity index (χ0n) is 15.8. The number of carbonyl (C=O) groups excluding carboxylic acids is 2. The molecule has 2 aromatic rings. The van der Waals surface area contributed by atoms with E-state index in [2.05, 4.69) is 9.73 Å². The van der Waals surface area contributed by atoms with Crippen LogP contribution >= 0.6 is 0 Å². The highest BCUT2D eigenvalue weighted by molar-refractivity contribution is 6.12. The molecule has 0 fully saturated rings. The van der Waals surface area contributed by atoms with Crippen LogP contribution in [0.3, 0.4) is 0 Å². The third kappa shape index (κ3) is 4.98. The van der Waals surface area contributed by atoms with Gasteiger partial charge in [0.1, 0.15) is 5.82 Å². The van der Waals surface area contributed by atoms with E-state index in [1.54, 1.807) is 31.2 Å². The molecule has 0 amide bonds. The maximum Gasteiger partial charge on any atom is 0.363 e. The third-order valence-corrected chi connectivity index (χ3v) is 3.84. The summed E-state index contributed by atoms with van der Waals surface area (Å²) in [5.41, 5.74) is 1.04. The van der Waals surface area contributed by atoms with E-state index in [1.165, 1.54) is 31.4 Å². The second-order valence-corrected chi connectivity index (χ2v) is 5.85. The Morgan fingerprint density at radius 3 is 2.72 bits per heavy atom. The average Bonchev–Trinajstić information content (AvgIpc) is 3.08. The van der Waals surface area contributed by atoms with Gasteiger partial charge in [0.15, 0.2) is 23.8 Å². The number of ether oxygens (including phenoxy) is 4. The Labute approximate surface area is 166 Å². The molecule has 150 valence electrons. The summed E-state index contributed by atoms with van der Waals surface area (Å²) in [5.74, 6) is -0.838. The zero-order chi connectivity index (χ0) is 20.8. The molecule has 0 spiro atoms. The van der Waals surface area contributed by atoms with Crippen LogP contribution in [0.5, 0.6) is 11.5 Å². The van der Waals surface area contributed by atoms with Crippen LogP contribution in [0, 0.1) is 5.82 Å². The summed E-state index contributed by atoms with van der Waals surface area (Å²) in [6, 6.07) is 10.5. The lowest BCUT2D eigenvalue weighted by molar-refractivity contribution is -0.143. The summed E-state index contributed by atoms with van der Waals surface area (Å²) in [4.78, 5) is 27.5. The van der Waals surface area contributed by atoms with E-state index in [4.69, 9.17) is 14.2 Å². The molecule has 3 rings (SSSR count). The summed E-state index contributed by atoms with van der Waals surface area (Å²) < 4.78 is 34.0. The van der Waals surface area contributed by atoms with Crippen molar-refractivity contribution in [2.75, 3.05) is 20.3 Å². The number of esters is 2. The molecule has 0 bridgehead atoms. The molecule has 1 heterocycles. The van der Waals surface area contributed by atoms with E-state index in [-0.39, 0.29) is 18.2 Å². The van der Waals surface area contributed by atoms with E-state index < -0.39 is 17.8 Å². The molecule has 29 heavy (non-hydrogen) atoms. The molecule has 7 nitrogen and oxygen atoms in total. The monoisotopic (exact) mass is 399 g/mol. The largest absolute Gasteiger partial charge is 0.490 e. The van der Waals surface area contributed by atoms with Crippen molar-refractivity contribution in [3.05, 3.63) is 65.1 Å². The normalized spacial score (nSPS) is 14.4. The van der Waals surface area contributed by atoms with Crippen molar-refractivity contribution < 1.29 is 32.9 Å². The Morgan fingerprint density at radius 2 is 2.00 bits per heavy atom. The summed E-state index contributed by atoms with van der Waals surface area (Å²) in [6.45, 7) is 1.92. The van der Waals surface area contributed by atoms with Gasteiger partial charge in [0.2, 0.25) is 5.90 Å². The average molecular weight is 399 g/mol. The SMILES string of the molecule is CCOc1cc(/C=C2\N=C(c3cccc(F)c3)OC2=O)ccc1OCC(=O)OC. The van der Waals surface area contributed by atoms with Gasteiger partial charge in [0.05, 0.1) is 13.7 Å².